The van der Waals surface area contributed by atoms with Gasteiger partial charge in [-0.25, -0.2) is 0 Å². The van der Waals surface area contributed by atoms with Crippen molar-refractivity contribution in [3.63, 3.8) is 0 Å². The molecule has 0 radical (unpaired) electrons. The van der Waals surface area contributed by atoms with E-state index < -0.39 is 0 Å². The van der Waals surface area contributed by atoms with E-state index in [0.29, 0.717) is 21.7 Å². The second-order valence-electron chi connectivity index (χ2n) is 5.19. The fraction of sp³-hybridized carbons (Fsp3) is 0.500. The highest BCUT2D eigenvalue weighted by molar-refractivity contribution is 7.80. The minimum absolute atomic E-state index is 0.130. The summed E-state index contributed by atoms with van der Waals surface area (Å²) in [6.07, 6.45) is 6.33. The monoisotopic (exact) mass is 277 g/mol. The van der Waals surface area contributed by atoms with E-state index in [-0.39, 0.29) is 5.91 Å². The van der Waals surface area contributed by atoms with Gasteiger partial charge in [0, 0.05) is 18.3 Å². The van der Waals surface area contributed by atoms with Crippen LogP contribution in [0.25, 0.3) is 0 Å². The quantitative estimate of drug-likeness (QED) is 0.808. The van der Waals surface area contributed by atoms with Gasteiger partial charge in [0.25, 0.3) is 5.91 Å². The average Bonchev–Trinajstić information content (AvgIpc) is 2.38. The van der Waals surface area contributed by atoms with E-state index in [1.807, 2.05) is 0 Å². The molecule has 0 unspecified atom stereocenters. The van der Waals surface area contributed by atoms with E-state index in [9.17, 15) is 4.79 Å². The Morgan fingerprint density at radius 1 is 1.53 bits per heavy atom. The predicted octanol–water partition coefficient (Wildman–Crippen LogP) is 2.03. The Hall–Kier alpha value is -1.49. The van der Waals surface area contributed by atoms with E-state index in [4.69, 9.17) is 18.0 Å². The Bertz CT molecular complexity index is 474. The van der Waals surface area contributed by atoms with Gasteiger partial charge in [-0.1, -0.05) is 25.6 Å². The minimum atomic E-state index is -0.130. The smallest absolute Gasteiger partial charge is 0.269 e. The number of thiocarbonyl (C=S) groups is 1. The van der Waals surface area contributed by atoms with Gasteiger partial charge in [0.2, 0.25) is 0 Å². The van der Waals surface area contributed by atoms with Crippen LogP contribution in [0.5, 0.6) is 0 Å². The Morgan fingerprint density at radius 3 is 2.68 bits per heavy atom. The van der Waals surface area contributed by atoms with Crippen molar-refractivity contribution in [2.75, 3.05) is 6.54 Å². The molecule has 0 aromatic carbocycles. The van der Waals surface area contributed by atoms with Gasteiger partial charge in [0.15, 0.2) is 0 Å². The third kappa shape index (κ3) is 3.10. The van der Waals surface area contributed by atoms with Crippen LogP contribution < -0.4 is 11.1 Å². The molecule has 1 fully saturated rings. The second kappa shape index (κ2) is 5.65. The number of rotatable bonds is 5. The zero-order valence-electron chi connectivity index (χ0n) is 11.1. The molecule has 0 aliphatic heterocycles. The Morgan fingerprint density at radius 2 is 2.26 bits per heavy atom. The SMILES string of the molecule is CCC1(CNC(=O)c2ccc(C(N)=S)cn2)CCC1. The molecule has 19 heavy (non-hydrogen) atoms. The molecule has 0 atom stereocenters. The summed E-state index contributed by atoms with van der Waals surface area (Å²) in [7, 11) is 0. The summed E-state index contributed by atoms with van der Waals surface area (Å²) in [4.78, 5) is 16.4. The number of pyridine rings is 1. The van der Waals surface area contributed by atoms with Crippen molar-refractivity contribution in [2.24, 2.45) is 11.1 Å². The van der Waals surface area contributed by atoms with Gasteiger partial charge >= 0.3 is 0 Å². The zero-order chi connectivity index (χ0) is 13.9. The lowest BCUT2D eigenvalue weighted by Crippen LogP contribution is -2.41. The highest BCUT2D eigenvalue weighted by atomic mass is 32.1. The maximum Gasteiger partial charge on any atom is 0.269 e. The van der Waals surface area contributed by atoms with Crippen molar-refractivity contribution >= 4 is 23.1 Å². The normalized spacial score (nSPS) is 16.5. The number of carbonyl (C=O) groups excluding carboxylic acids is 1. The maximum atomic E-state index is 12.0. The molecule has 1 amide bonds. The summed E-state index contributed by atoms with van der Waals surface area (Å²) in [5.74, 6) is -0.130. The van der Waals surface area contributed by atoms with E-state index in [2.05, 4.69) is 17.2 Å². The van der Waals surface area contributed by atoms with Crippen LogP contribution in [0.4, 0.5) is 0 Å². The molecular formula is C14H19N3OS. The number of carbonyl (C=O) groups is 1. The molecule has 0 bridgehead atoms. The highest BCUT2D eigenvalue weighted by Gasteiger charge is 2.35. The molecule has 102 valence electrons. The van der Waals surface area contributed by atoms with Crippen molar-refractivity contribution in [1.29, 1.82) is 0 Å². The topological polar surface area (TPSA) is 68.0 Å². The first-order valence-electron chi connectivity index (χ1n) is 6.60. The fourth-order valence-electron chi connectivity index (χ4n) is 2.36. The van der Waals surface area contributed by atoms with Gasteiger partial charge in [0.05, 0.1) is 0 Å². The van der Waals surface area contributed by atoms with Crippen LogP contribution in [0.2, 0.25) is 0 Å². The molecule has 5 heteroatoms. The lowest BCUT2D eigenvalue weighted by atomic mass is 9.67. The number of hydrogen-bond acceptors (Lipinski definition) is 3. The summed E-state index contributed by atoms with van der Waals surface area (Å²) in [5, 5.41) is 2.98. The van der Waals surface area contributed by atoms with Crippen LogP contribution in [0.3, 0.4) is 0 Å². The lowest BCUT2D eigenvalue weighted by molar-refractivity contribution is 0.0845. The first kappa shape index (κ1) is 13.9. The molecule has 2 rings (SSSR count). The summed E-state index contributed by atoms with van der Waals surface area (Å²) in [6, 6.07) is 3.38. The number of amides is 1. The van der Waals surface area contributed by atoms with Gasteiger partial charge in [-0.05, 0) is 36.8 Å². The van der Waals surface area contributed by atoms with Crippen molar-refractivity contribution in [1.82, 2.24) is 10.3 Å². The summed E-state index contributed by atoms with van der Waals surface area (Å²) < 4.78 is 0. The number of nitrogens with two attached hydrogens (primary N) is 1. The summed E-state index contributed by atoms with van der Waals surface area (Å²) >= 11 is 4.85. The summed E-state index contributed by atoms with van der Waals surface area (Å²) in [5.41, 5.74) is 6.89. The van der Waals surface area contributed by atoms with Crippen molar-refractivity contribution in [2.45, 2.75) is 32.6 Å². The molecule has 1 aromatic heterocycles. The van der Waals surface area contributed by atoms with Crippen LogP contribution in [0, 0.1) is 5.41 Å². The summed E-state index contributed by atoms with van der Waals surface area (Å²) in [6.45, 7) is 2.92. The first-order valence-corrected chi connectivity index (χ1v) is 7.01. The van der Waals surface area contributed by atoms with Crippen molar-refractivity contribution in [3.05, 3.63) is 29.6 Å². The van der Waals surface area contributed by atoms with Crippen molar-refractivity contribution < 1.29 is 4.79 Å². The van der Waals surface area contributed by atoms with Crippen LogP contribution in [-0.4, -0.2) is 22.4 Å². The van der Waals surface area contributed by atoms with E-state index >= 15 is 0 Å². The van der Waals surface area contributed by atoms with Gasteiger partial charge in [0.1, 0.15) is 10.7 Å². The van der Waals surface area contributed by atoms with Crippen LogP contribution >= 0.6 is 12.2 Å². The van der Waals surface area contributed by atoms with Gasteiger partial charge < -0.3 is 11.1 Å². The molecular weight excluding hydrogens is 258 g/mol. The molecule has 1 aromatic rings. The highest BCUT2D eigenvalue weighted by Crippen LogP contribution is 2.43. The molecule has 3 N–H and O–H groups in total. The molecule has 0 saturated heterocycles. The molecule has 1 aliphatic rings. The van der Waals surface area contributed by atoms with Gasteiger partial charge in [-0.3, -0.25) is 9.78 Å². The van der Waals surface area contributed by atoms with Crippen molar-refractivity contribution in [3.8, 4) is 0 Å². The number of aromatic nitrogens is 1. The maximum absolute atomic E-state index is 12.0. The largest absolute Gasteiger partial charge is 0.389 e. The third-order valence-corrected chi connectivity index (χ3v) is 4.30. The Labute approximate surface area is 118 Å². The first-order chi connectivity index (χ1) is 9.06. The Kier molecular flexibility index (Phi) is 4.14. The molecule has 1 aliphatic carbocycles. The van der Waals surface area contributed by atoms with E-state index in [1.54, 1.807) is 12.1 Å². The van der Waals surface area contributed by atoms with E-state index in [0.717, 1.165) is 13.0 Å². The zero-order valence-corrected chi connectivity index (χ0v) is 11.9. The molecule has 1 saturated carbocycles. The Balaban J connectivity index is 1.94. The number of nitrogens with one attached hydrogen (secondary N) is 1. The van der Waals surface area contributed by atoms with Crippen LogP contribution in [0.15, 0.2) is 18.3 Å². The minimum Gasteiger partial charge on any atom is -0.389 e. The lowest BCUT2D eigenvalue weighted by Gasteiger charge is -2.41. The molecule has 1 heterocycles. The predicted molar refractivity (Wildman–Crippen MR) is 79.0 cm³/mol. The molecule has 4 nitrogen and oxygen atoms in total. The standard InChI is InChI=1S/C14H19N3OS/c1-2-14(6-3-7-14)9-17-13(18)11-5-4-10(8-16-11)12(15)19/h4-5,8H,2-3,6-7,9H2,1H3,(H2,15,19)(H,17,18). The van der Waals surface area contributed by atoms with E-state index in [1.165, 1.54) is 25.5 Å². The van der Waals surface area contributed by atoms with Crippen LogP contribution in [0.1, 0.15) is 48.7 Å². The van der Waals surface area contributed by atoms with Crippen LogP contribution in [-0.2, 0) is 0 Å². The average molecular weight is 277 g/mol. The third-order valence-electron chi connectivity index (χ3n) is 4.07. The second-order valence-corrected chi connectivity index (χ2v) is 5.63. The molecule has 0 spiro atoms. The van der Waals surface area contributed by atoms with Gasteiger partial charge in [-0.15, -0.1) is 0 Å². The van der Waals surface area contributed by atoms with Gasteiger partial charge in [-0.2, -0.15) is 0 Å². The number of hydrogen-bond donors (Lipinski definition) is 2. The number of nitrogens with zero attached hydrogens (tertiary/aromatic N) is 1. The fourth-order valence-corrected chi connectivity index (χ4v) is 2.49.